The molecule has 0 aliphatic rings. The van der Waals surface area contributed by atoms with Crippen LogP contribution in [-0.4, -0.2) is 27.6 Å². The maximum atomic E-state index is 11.9. The molecular weight excluding hydrogens is 318 g/mol. The van der Waals surface area contributed by atoms with Gasteiger partial charge in [0.15, 0.2) is 0 Å². The second-order valence-corrected chi connectivity index (χ2v) is 5.08. The van der Waals surface area contributed by atoms with Gasteiger partial charge in [0.1, 0.15) is 0 Å². The van der Waals surface area contributed by atoms with E-state index in [2.05, 4.69) is 41.7 Å². The zero-order valence-electron chi connectivity index (χ0n) is 9.48. The maximum absolute atomic E-state index is 11.9. The third kappa shape index (κ3) is 3.02. The van der Waals surface area contributed by atoms with Crippen LogP contribution in [0.2, 0.25) is 0 Å². The summed E-state index contributed by atoms with van der Waals surface area (Å²) in [5.74, 6) is -0.288. The number of amides is 1. The van der Waals surface area contributed by atoms with Crippen molar-refractivity contribution in [2.75, 3.05) is 17.2 Å². The van der Waals surface area contributed by atoms with Crippen LogP contribution in [0.15, 0.2) is 22.9 Å². The smallest absolute Gasteiger partial charge is 0.286 e. The van der Waals surface area contributed by atoms with E-state index in [0.717, 1.165) is 11.0 Å². The molecule has 0 aliphatic carbocycles. The number of aromatic nitrogens is 3. The predicted molar refractivity (Wildman–Crippen MR) is 74.0 cm³/mol. The summed E-state index contributed by atoms with van der Waals surface area (Å²) in [4.78, 5) is 15.8. The topological polar surface area (TPSA) is 79.8 Å². The molecule has 2 aromatic heterocycles. The summed E-state index contributed by atoms with van der Waals surface area (Å²) in [6.07, 6.45) is 3.21. The van der Waals surface area contributed by atoms with E-state index in [4.69, 9.17) is 0 Å². The van der Waals surface area contributed by atoms with Crippen LogP contribution in [0, 0.1) is 0 Å². The molecule has 0 aliphatic heterocycles. The van der Waals surface area contributed by atoms with Crippen molar-refractivity contribution in [2.45, 2.75) is 6.92 Å². The van der Waals surface area contributed by atoms with E-state index in [-0.39, 0.29) is 5.91 Å². The van der Waals surface area contributed by atoms with Gasteiger partial charge in [0.2, 0.25) is 10.1 Å². The number of nitrogens with zero attached hydrogens (tertiary/aromatic N) is 3. The predicted octanol–water partition coefficient (Wildman–Crippen LogP) is 2.38. The average Bonchev–Trinajstić information content (AvgIpc) is 2.81. The lowest BCUT2D eigenvalue weighted by atomic mass is 10.4. The van der Waals surface area contributed by atoms with Gasteiger partial charge in [-0.1, -0.05) is 11.3 Å². The van der Waals surface area contributed by atoms with Crippen molar-refractivity contribution in [3.8, 4) is 0 Å². The van der Waals surface area contributed by atoms with Gasteiger partial charge in [-0.05, 0) is 28.9 Å². The van der Waals surface area contributed by atoms with Crippen LogP contribution in [-0.2, 0) is 0 Å². The Kier molecular flexibility index (Phi) is 4.21. The number of carbonyl (C=O) groups excluding carboxylic acids is 1. The Bertz CT molecular complexity index is 559. The van der Waals surface area contributed by atoms with E-state index in [1.54, 1.807) is 18.5 Å². The Morgan fingerprint density at radius 1 is 1.50 bits per heavy atom. The molecule has 0 atom stereocenters. The minimum absolute atomic E-state index is 0.288. The van der Waals surface area contributed by atoms with E-state index in [0.29, 0.717) is 15.8 Å². The van der Waals surface area contributed by atoms with Gasteiger partial charge in [0.05, 0.1) is 10.2 Å². The Morgan fingerprint density at radius 2 is 2.33 bits per heavy atom. The average molecular weight is 328 g/mol. The summed E-state index contributed by atoms with van der Waals surface area (Å²) in [6, 6.07) is 1.70. The van der Waals surface area contributed by atoms with Gasteiger partial charge < -0.3 is 10.6 Å². The number of carbonyl (C=O) groups is 1. The largest absolute Gasteiger partial charge is 0.360 e. The van der Waals surface area contributed by atoms with Gasteiger partial charge >= 0.3 is 0 Å². The first-order valence-corrected chi connectivity index (χ1v) is 6.80. The van der Waals surface area contributed by atoms with E-state index in [1.165, 1.54) is 11.3 Å². The maximum Gasteiger partial charge on any atom is 0.286 e. The van der Waals surface area contributed by atoms with Gasteiger partial charge in [-0.25, -0.2) is 0 Å². The molecule has 1 amide bonds. The Balaban J connectivity index is 2.10. The number of anilines is 2. The third-order valence-electron chi connectivity index (χ3n) is 1.97. The third-order valence-corrected chi connectivity index (χ3v) is 3.48. The highest BCUT2D eigenvalue weighted by atomic mass is 79.9. The van der Waals surface area contributed by atoms with Crippen molar-refractivity contribution in [1.82, 2.24) is 15.2 Å². The fourth-order valence-corrected chi connectivity index (χ4v) is 2.25. The standard InChI is InChI=1S/C10H10BrN5OS/c1-2-13-10-16-15-9(18-10)8(17)14-7-3-4-12-5-6(7)11/h3-5H,2H2,1H3,(H,13,16)(H,12,14,17). The van der Waals surface area contributed by atoms with Crippen molar-refractivity contribution < 1.29 is 4.79 Å². The molecule has 2 aromatic rings. The van der Waals surface area contributed by atoms with Crippen molar-refractivity contribution in [3.63, 3.8) is 0 Å². The van der Waals surface area contributed by atoms with Crippen molar-refractivity contribution in [2.24, 2.45) is 0 Å². The zero-order chi connectivity index (χ0) is 13.0. The molecule has 0 aromatic carbocycles. The molecule has 6 nitrogen and oxygen atoms in total. The Hall–Kier alpha value is -1.54. The first kappa shape index (κ1) is 12.9. The molecule has 18 heavy (non-hydrogen) atoms. The lowest BCUT2D eigenvalue weighted by Crippen LogP contribution is -2.12. The van der Waals surface area contributed by atoms with E-state index in [1.807, 2.05) is 6.92 Å². The molecule has 0 bridgehead atoms. The lowest BCUT2D eigenvalue weighted by molar-refractivity contribution is 0.102. The van der Waals surface area contributed by atoms with Crippen molar-refractivity contribution >= 4 is 44.0 Å². The van der Waals surface area contributed by atoms with Crippen LogP contribution in [0.3, 0.4) is 0 Å². The first-order valence-electron chi connectivity index (χ1n) is 5.19. The molecule has 0 radical (unpaired) electrons. The number of hydrogen-bond donors (Lipinski definition) is 2. The molecule has 0 saturated heterocycles. The summed E-state index contributed by atoms with van der Waals surface area (Å²) in [5, 5.41) is 14.4. The van der Waals surface area contributed by atoms with Gasteiger partial charge in [-0.2, -0.15) is 0 Å². The van der Waals surface area contributed by atoms with Gasteiger partial charge in [0, 0.05) is 18.9 Å². The molecule has 94 valence electrons. The van der Waals surface area contributed by atoms with Crippen LogP contribution in [0.25, 0.3) is 0 Å². The van der Waals surface area contributed by atoms with Crippen LogP contribution < -0.4 is 10.6 Å². The number of hydrogen-bond acceptors (Lipinski definition) is 6. The zero-order valence-corrected chi connectivity index (χ0v) is 11.9. The summed E-state index contributed by atoms with van der Waals surface area (Å²) in [7, 11) is 0. The highest BCUT2D eigenvalue weighted by molar-refractivity contribution is 9.10. The van der Waals surface area contributed by atoms with Gasteiger partial charge in [-0.3, -0.25) is 9.78 Å². The van der Waals surface area contributed by atoms with E-state index < -0.39 is 0 Å². The highest BCUT2D eigenvalue weighted by Gasteiger charge is 2.13. The van der Waals surface area contributed by atoms with Crippen LogP contribution in [0.4, 0.5) is 10.8 Å². The lowest BCUT2D eigenvalue weighted by Gasteiger charge is -2.03. The van der Waals surface area contributed by atoms with Crippen molar-refractivity contribution in [3.05, 3.63) is 27.9 Å². The molecule has 0 fully saturated rings. The normalized spacial score (nSPS) is 10.1. The molecule has 2 N–H and O–H groups in total. The number of halogens is 1. The van der Waals surface area contributed by atoms with Crippen LogP contribution >= 0.6 is 27.3 Å². The Labute approximate surface area is 116 Å². The summed E-state index contributed by atoms with van der Waals surface area (Å²) in [6.45, 7) is 2.70. The van der Waals surface area contributed by atoms with E-state index in [9.17, 15) is 4.79 Å². The summed E-state index contributed by atoms with van der Waals surface area (Å²) < 4.78 is 0.717. The van der Waals surface area contributed by atoms with Crippen molar-refractivity contribution in [1.29, 1.82) is 0 Å². The van der Waals surface area contributed by atoms with Crippen LogP contribution in [0.1, 0.15) is 16.7 Å². The molecule has 0 spiro atoms. The van der Waals surface area contributed by atoms with E-state index >= 15 is 0 Å². The summed E-state index contributed by atoms with van der Waals surface area (Å²) >= 11 is 4.52. The SMILES string of the molecule is CCNc1nnc(C(=O)Nc2ccncc2Br)s1. The minimum Gasteiger partial charge on any atom is -0.360 e. The van der Waals surface area contributed by atoms with Gasteiger partial charge in [0.25, 0.3) is 5.91 Å². The van der Waals surface area contributed by atoms with Gasteiger partial charge in [-0.15, -0.1) is 10.2 Å². The second-order valence-electron chi connectivity index (χ2n) is 3.25. The summed E-state index contributed by atoms with van der Waals surface area (Å²) in [5.41, 5.74) is 0.648. The first-order chi connectivity index (χ1) is 8.70. The molecule has 0 unspecified atom stereocenters. The monoisotopic (exact) mass is 327 g/mol. The number of pyridine rings is 1. The number of rotatable bonds is 4. The second kappa shape index (κ2) is 5.87. The quantitative estimate of drug-likeness (QED) is 0.901. The minimum atomic E-state index is -0.288. The fourth-order valence-electron chi connectivity index (χ4n) is 1.19. The molecule has 0 saturated carbocycles. The highest BCUT2D eigenvalue weighted by Crippen LogP contribution is 2.22. The molecule has 8 heteroatoms. The Morgan fingerprint density at radius 3 is 3.06 bits per heavy atom. The molecule has 2 heterocycles. The number of nitrogens with one attached hydrogen (secondary N) is 2. The van der Waals surface area contributed by atoms with Crippen LogP contribution in [0.5, 0.6) is 0 Å². The fraction of sp³-hybridized carbons (Fsp3) is 0.200. The molecule has 2 rings (SSSR count). The molecular formula is C10H10BrN5OS.